The monoisotopic (exact) mass is 408 g/mol. The number of thiocarbonyl (C=S) groups is 1. The van der Waals surface area contributed by atoms with Gasteiger partial charge in [0.2, 0.25) is 0 Å². The minimum absolute atomic E-state index is 0.0647. The molecule has 2 rings (SSSR count). The largest absolute Gasteiger partial charge is 0.496 e. The molecular formula is C18H21BrN2O2S. The Hall–Kier alpha value is -1.79. The molecule has 0 saturated carbocycles. The zero-order chi connectivity index (χ0) is 17.5. The Bertz CT molecular complexity index is 692. The molecule has 0 aliphatic heterocycles. The molecule has 0 heterocycles. The van der Waals surface area contributed by atoms with Crippen LogP contribution < -0.4 is 20.1 Å². The van der Waals surface area contributed by atoms with E-state index in [2.05, 4.69) is 33.5 Å². The van der Waals surface area contributed by atoms with E-state index in [1.165, 1.54) is 0 Å². The lowest BCUT2D eigenvalue weighted by Crippen LogP contribution is -2.30. The molecule has 1 atom stereocenters. The van der Waals surface area contributed by atoms with Gasteiger partial charge >= 0.3 is 0 Å². The minimum atomic E-state index is 0.0647. The second-order valence-corrected chi connectivity index (χ2v) is 6.43. The summed E-state index contributed by atoms with van der Waals surface area (Å²) in [5.41, 5.74) is 2.03. The van der Waals surface area contributed by atoms with Crippen molar-refractivity contribution in [1.82, 2.24) is 5.32 Å². The number of hydrogen-bond acceptors (Lipinski definition) is 3. The van der Waals surface area contributed by atoms with Gasteiger partial charge in [0.05, 0.1) is 24.2 Å². The van der Waals surface area contributed by atoms with Crippen LogP contribution in [0.3, 0.4) is 0 Å². The van der Waals surface area contributed by atoms with Crippen molar-refractivity contribution < 1.29 is 9.47 Å². The van der Waals surface area contributed by atoms with Gasteiger partial charge in [-0.05, 0) is 84.0 Å². The molecule has 0 amide bonds. The summed E-state index contributed by atoms with van der Waals surface area (Å²) in [4.78, 5) is 0. The second kappa shape index (κ2) is 8.89. The quantitative estimate of drug-likeness (QED) is 0.664. The van der Waals surface area contributed by atoms with Crippen LogP contribution in [0, 0.1) is 0 Å². The lowest BCUT2D eigenvalue weighted by atomic mass is 10.1. The normalized spacial score (nSPS) is 11.5. The standard InChI is InChI=1S/C18H21BrN2O2S/c1-4-23-15-8-6-14(7-9-15)21-18(24)20-12(2)13-5-10-17(22-3)16(19)11-13/h5-12H,4H2,1-3H3,(H2,20,21,24)/t12-/m0/s1. The Morgan fingerprint density at radius 3 is 2.50 bits per heavy atom. The molecule has 0 aromatic heterocycles. The van der Waals surface area contributed by atoms with E-state index in [1.807, 2.05) is 49.4 Å². The van der Waals surface area contributed by atoms with E-state index in [1.54, 1.807) is 7.11 Å². The lowest BCUT2D eigenvalue weighted by molar-refractivity contribution is 0.340. The van der Waals surface area contributed by atoms with Gasteiger partial charge in [-0.3, -0.25) is 0 Å². The number of nitrogens with one attached hydrogen (secondary N) is 2. The van der Waals surface area contributed by atoms with E-state index in [0.29, 0.717) is 11.7 Å². The first kappa shape index (κ1) is 18.5. The molecule has 2 N–H and O–H groups in total. The molecule has 4 nitrogen and oxygen atoms in total. The first-order valence-electron chi connectivity index (χ1n) is 7.67. The molecule has 24 heavy (non-hydrogen) atoms. The maximum Gasteiger partial charge on any atom is 0.171 e. The van der Waals surface area contributed by atoms with Crippen LogP contribution in [0.2, 0.25) is 0 Å². The van der Waals surface area contributed by atoms with Crippen molar-refractivity contribution in [2.75, 3.05) is 19.0 Å². The van der Waals surface area contributed by atoms with Gasteiger partial charge in [0.15, 0.2) is 5.11 Å². The molecule has 0 spiro atoms. The number of anilines is 1. The molecule has 128 valence electrons. The highest BCUT2D eigenvalue weighted by Crippen LogP contribution is 2.28. The van der Waals surface area contributed by atoms with Gasteiger partial charge in [0, 0.05) is 5.69 Å². The van der Waals surface area contributed by atoms with E-state index in [-0.39, 0.29) is 6.04 Å². The van der Waals surface area contributed by atoms with E-state index < -0.39 is 0 Å². The SMILES string of the molecule is CCOc1ccc(NC(=S)N[C@@H](C)c2ccc(OC)c(Br)c2)cc1. The maximum absolute atomic E-state index is 5.43. The lowest BCUT2D eigenvalue weighted by Gasteiger charge is -2.18. The van der Waals surface area contributed by atoms with Crippen molar-refractivity contribution in [3.8, 4) is 11.5 Å². The first-order valence-corrected chi connectivity index (χ1v) is 8.87. The van der Waals surface area contributed by atoms with E-state index in [0.717, 1.165) is 27.2 Å². The van der Waals surface area contributed by atoms with Crippen molar-refractivity contribution in [3.63, 3.8) is 0 Å². The molecule has 2 aromatic carbocycles. The van der Waals surface area contributed by atoms with Gasteiger partial charge in [-0.1, -0.05) is 6.07 Å². The average Bonchev–Trinajstić information content (AvgIpc) is 2.56. The Balaban J connectivity index is 1.94. The number of ether oxygens (including phenoxy) is 2. The Morgan fingerprint density at radius 2 is 1.92 bits per heavy atom. The summed E-state index contributed by atoms with van der Waals surface area (Å²) in [5.74, 6) is 1.65. The molecule has 0 fully saturated rings. The summed E-state index contributed by atoms with van der Waals surface area (Å²) in [7, 11) is 1.65. The molecule has 0 aliphatic rings. The summed E-state index contributed by atoms with van der Waals surface area (Å²) in [6, 6.07) is 13.7. The van der Waals surface area contributed by atoms with Crippen LogP contribution in [0.4, 0.5) is 5.69 Å². The van der Waals surface area contributed by atoms with Crippen LogP contribution in [0.5, 0.6) is 11.5 Å². The van der Waals surface area contributed by atoms with Crippen LogP contribution in [0.15, 0.2) is 46.9 Å². The predicted molar refractivity (Wildman–Crippen MR) is 106 cm³/mol. The highest BCUT2D eigenvalue weighted by molar-refractivity contribution is 9.10. The number of rotatable bonds is 6. The third kappa shape index (κ3) is 5.11. The second-order valence-electron chi connectivity index (χ2n) is 5.17. The molecular weight excluding hydrogens is 388 g/mol. The van der Waals surface area contributed by atoms with Crippen LogP contribution in [-0.4, -0.2) is 18.8 Å². The molecule has 0 saturated heterocycles. The topological polar surface area (TPSA) is 42.5 Å². The van der Waals surface area contributed by atoms with Crippen molar-refractivity contribution in [1.29, 1.82) is 0 Å². The minimum Gasteiger partial charge on any atom is -0.496 e. The Labute approximate surface area is 156 Å². The van der Waals surface area contributed by atoms with E-state index in [9.17, 15) is 0 Å². The molecule has 0 aliphatic carbocycles. The summed E-state index contributed by atoms with van der Waals surface area (Å²) < 4.78 is 11.6. The number of methoxy groups -OCH3 is 1. The predicted octanol–water partition coefficient (Wildman–Crippen LogP) is 4.90. The molecule has 0 unspecified atom stereocenters. The zero-order valence-electron chi connectivity index (χ0n) is 13.9. The number of halogens is 1. The summed E-state index contributed by atoms with van der Waals surface area (Å²) >= 11 is 8.89. The Kier molecular flexibility index (Phi) is 6.87. The van der Waals surface area contributed by atoms with Gasteiger partial charge in [-0.15, -0.1) is 0 Å². The highest BCUT2D eigenvalue weighted by Gasteiger charge is 2.10. The molecule has 0 radical (unpaired) electrons. The third-order valence-corrected chi connectivity index (χ3v) is 4.29. The fourth-order valence-corrected chi connectivity index (χ4v) is 3.05. The van der Waals surface area contributed by atoms with Crippen molar-refractivity contribution >= 4 is 38.9 Å². The Morgan fingerprint density at radius 1 is 1.21 bits per heavy atom. The summed E-state index contributed by atoms with van der Waals surface area (Å²) in [5, 5.41) is 7.02. The van der Waals surface area contributed by atoms with Crippen molar-refractivity contribution in [2.45, 2.75) is 19.9 Å². The van der Waals surface area contributed by atoms with Crippen LogP contribution in [0.1, 0.15) is 25.5 Å². The van der Waals surface area contributed by atoms with Gasteiger partial charge in [0.25, 0.3) is 0 Å². The van der Waals surface area contributed by atoms with E-state index in [4.69, 9.17) is 21.7 Å². The molecule has 2 aromatic rings. The smallest absolute Gasteiger partial charge is 0.171 e. The zero-order valence-corrected chi connectivity index (χ0v) is 16.3. The van der Waals surface area contributed by atoms with Crippen LogP contribution in [-0.2, 0) is 0 Å². The van der Waals surface area contributed by atoms with Gasteiger partial charge < -0.3 is 20.1 Å². The molecule has 0 bridgehead atoms. The summed E-state index contributed by atoms with van der Waals surface area (Å²) in [6.07, 6.45) is 0. The average molecular weight is 409 g/mol. The summed E-state index contributed by atoms with van der Waals surface area (Å²) in [6.45, 7) is 4.67. The number of hydrogen-bond donors (Lipinski definition) is 2. The van der Waals surface area contributed by atoms with Crippen molar-refractivity contribution in [2.24, 2.45) is 0 Å². The first-order chi connectivity index (χ1) is 11.5. The van der Waals surface area contributed by atoms with Gasteiger partial charge in [-0.25, -0.2) is 0 Å². The van der Waals surface area contributed by atoms with Crippen LogP contribution in [0.25, 0.3) is 0 Å². The number of benzene rings is 2. The van der Waals surface area contributed by atoms with Gasteiger partial charge in [-0.2, -0.15) is 0 Å². The molecule has 6 heteroatoms. The highest BCUT2D eigenvalue weighted by atomic mass is 79.9. The fraction of sp³-hybridized carbons (Fsp3) is 0.278. The van der Waals surface area contributed by atoms with Crippen LogP contribution >= 0.6 is 28.1 Å². The van der Waals surface area contributed by atoms with Gasteiger partial charge in [0.1, 0.15) is 11.5 Å². The van der Waals surface area contributed by atoms with Crippen molar-refractivity contribution in [3.05, 3.63) is 52.5 Å². The maximum atomic E-state index is 5.43. The fourth-order valence-electron chi connectivity index (χ4n) is 2.20. The van der Waals surface area contributed by atoms with E-state index >= 15 is 0 Å². The third-order valence-electron chi connectivity index (χ3n) is 3.45.